The minimum atomic E-state index is -0.522. The van der Waals surface area contributed by atoms with Gasteiger partial charge in [0.15, 0.2) is 6.10 Å². The van der Waals surface area contributed by atoms with E-state index in [-0.39, 0.29) is 11.5 Å². The smallest absolute Gasteiger partial charge is 0.296 e. The Morgan fingerprint density at radius 3 is 2.74 bits per heavy atom. The molecule has 0 aliphatic carbocycles. The molecule has 4 heterocycles. The van der Waals surface area contributed by atoms with Crippen molar-refractivity contribution >= 4 is 11.9 Å². The Hall–Kier alpha value is -2.73. The third-order valence-corrected chi connectivity index (χ3v) is 5.70. The van der Waals surface area contributed by atoms with Crippen LogP contribution in [-0.4, -0.2) is 41.0 Å². The van der Waals surface area contributed by atoms with Crippen molar-refractivity contribution in [1.82, 2.24) is 9.88 Å². The molecule has 0 N–H and O–H groups in total. The first kappa shape index (κ1) is 16.4. The molecular formula is C21H21N3O3. The van der Waals surface area contributed by atoms with Crippen molar-refractivity contribution in [2.75, 3.05) is 13.1 Å². The van der Waals surface area contributed by atoms with Crippen LogP contribution in [0.15, 0.2) is 53.7 Å². The van der Waals surface area contributed by atoms with E-state index in [1.165, 1.54) is 5.56 Å². The van der Waals surface area contributed by atoms with Gasteiger partial charge in [-0.2, -0.15) is 4.99 Å². The quantitative estimate of drug-likeness (QED) is 0.820. The van der Waals surface area contributed by atoms with E-state index < -0.39 is 6.10 Å². The van der Waals surface area contributed by atoms with Crippen LogP contribution in [0.1, 0.15) is 29.7 Å². The zero-order valence-corrected chi connectivity index (χ0v) is 15.0. The van der Waals surface area contributed by atoms with Crippen molar-refractivity contribution in [3.05, 3.63) is 65.5 Å². The van der Waals surface area contributed by atoms with Crippen molar-refractivity contribution in [1.29, 1.82) is 0 Å². The summed E-state index contributed by atoms with van der Waals surface area (Å²) in [7, 11) is 0. The number of pyridine rings is 1. The highest BCUT2D eigenvalue weighted by Crippen LogP contribution is 2.43. The monoisotopic (exact) mass is 363 g/mol. The topological polar surface area (TPSA) is 64.0 Å². The summed E-state index contributed by atoms with van der Waals surface area (Å²) in [6.45, 7) is 2.07. The van der Waals surface area contributed by atoms with Crippen LogP contribution >= 0.6 is 0 Å². The molecule has 6 nitrogen and oxygen atoms in total. The minimum absolute atomic E-state index is 0.194. The number of hydrogen-bond acceptors (Lipinski definition) is 5. The molecule has 0 saturated carbocycles. The Morgan fingerprint density at radius 2 is 1.93 bits per heavy atom. The second-order valence-electron chi connectivity index (χ2n) is 7.30. The van der Waals surface area contributed by atoms with Crippen molar-refractivity contribution in [2.24, 2.45) is 4.99 Å². The number of likely N-dealkylation sites (tertiary alicyclic amines) is 1. The zero-order valence-electron chi connectivity index (χ0n) is 15.0. The van der Waals surface area contributed by atoms with Gasteiger partial charge in [0.1, 0.15) is 0 Å². The van der Waals surface area contributed by atoms with E-state index in [1.54, 1.807) is 0 Å². The molecule has 1 fully saturated rings. The highest BCUT2D eigenvalue weighted by molar-refractivity contribution is 5.98. The van der Waals surface area contributed by atoms with Crippen LogP contribution < -0.4 is 0 Å². The highest BCUT2D eigenvalue weighted by atomic mass is 16.5. The van der Waals surface area contributed by atoms with Crippen molar-refractivity contribution in [3.8, 4) is 0 Å². The van der Waals surface area contributed by atoms with Gasteiger partial charge in [-0.3, -0.25) is 9.78 Å². The van der Waals surface area contributed by atoms with E-state index in [0.717, 1.165) is 37.2 Å². The maximum Gasteiger partial charge on any atom is 0.296 e. The van der Waals surface area contributed by atoms with E-state index in [9.17, 15) is 4.79 Å². The van der Waals surface area contributed by atoms with Crippen LogP contribution in [0, 0.1) is 0 Å². The number of fused-ring (bicyclic) bond motifs is 2. The van der Waals surface area contributed by atoms with Crippen LogP contribution in [0.3, 0.4) is 0 Å². The Labute approximate surface area is 157 Å². The summed E-state index contributed by atoms with van der Waals surface area (Å²) in [4.78, 5) is 22.9. The number of benzene rings is 1. The largest absolute Gasteiger partial charge is 0.451 e. The maximum absolute atomic E-state index is 12.3. The number of rotatable bonds is 2. The van der Waals surface area contributed by atoms with Gasteiger partial charge < -0.3 is 14.4 Å². The van der Waals surface area contributed by atoms with Gasteiger partial charge in [0.2, 0.25) is 0 Å². The standard InChI is InChI=1S/C21H21N3O3/c25-19-18(13-15-5-2-1-3-6-15)27-20(23-19)24-11-8-21(9-12-24)16-7-4-10-22-17(16)14-26-21/h1-7,10,18H,8-9,11-14H2. The van der Waals surface area contributed by atoms with Crippen LogP contribution in [0.25, 0.3) is 0 Å². The van der Waals surface area contributed by atoms with Gasteiger partial charge in [0.05, 0.1) is 17.9 Å². The Balaban J connectivity index is 1.25. The number of carbonyl (C=O) groups excluding carboxylic acids is 1. The summed E-state index contributed by atoms with van der Waals surface area (Å²) in [6, 6.07) is 14.5. The van der Waals surface area contributed by atoms with Gasteiger partial charge in [0.25, 0.3) is 11.9 Å². The van der Waals surface area contributed by atoms with Gasteiger partial charge >= 0.3 is 0 Å². The fourth-order valence-electron chi connectivity index (χ4n) is 4.20. The molecule has 5 rings (SSSR count). The van der Waals surface area contributed by atoms with E-state index in [1.807, 2.05) is 42.6 Å². The van der Waals surface area contributed by atoms with E-state index in [2.05, 4.69) is 20.9 Å². The second-order valence-corrected chi connectivity index (χ2v) is 7.30. The molecule has 138 valence electrons. The minimum Gasteiger partial charge on any atom is -0.451 e. The molecule has 1 amide bonds. The molecule has 3 aliphatic rings. The Morgan fingerprint density at radius 1 is 1.11 bits per heavy atom. The zero-order chi connectivity index (χ0) is 18.3. The van der Waals surface area contributed by atoms with Crippen LogP contribution in [0.2, 0.25) is 0 Å². The number of carbonyl (C=O) groups is 1. The maximum atomic E-state index is 12.3. The normalized spacial score (nSPS) is 23.3. The molecular weight excluding hydrogens is 342 g/mol. The lowest BCUT2D eigenvalue weighted by Crippen LogP contribution is -2.45. The first-order valence-corrected chi connectivity index (χ1v) is 9.40. The molecule has 1 aromatic carbocycles. The Kier molecular flexibility index (Phi) is 3.93. The molecule has 6 heteroatoms. The third kappa shape index (κ3) is 2.90. The lowest BCUT2D eigenvalue weighted by Gasteiger charge is -2.39. The van der Waals surface area contributed by atoms with Crippen molar-refractivity contribution in [3.63, 3.8) is 0 Å². The molecule has 0 bridgehead atoms. The number of piperidine rings is 1. The van der Waals surface area contributed by atoms with Gasteiger partial charge in [0, 0.05) is 31.3 Å². The van der Waals surface area contributed by atoms with Gasteiger partial charge in [-0.1, -0.05) is 36.4 Å². The average molecular weight is 363 g/mol. The first-order chi connectivity index (χ1) is 13.2. The fourth-order valence-corrected chi connectivity index (χ4v) is 4.20. The summed E-state index contributed by atoms with van der Waals surface area (Å²) in [6.07, 6.45) is 3.52. The van der Waals surface area contributed by atoms with Crippen LogP contribution in [-0.2, 0) is 32.9 Å². The van der Waals surface area contributed by atoms with Crippen LogP contribution in [0.5, 0.6) is 0 Å². The lowest BCUT2D eigenvalue weighted by molar-refractivity contribution is -0.122. The summed E-state index contributed by atoms with van der Waals surface area (Å²) >= 11 is 0. The predicted octanol–water partition coefficient (Wildman–Crippen LogP) is 2.43. The van der Waals surface area contributed by atoms with Gasteiger partial charge in [-0.15, -0.1) is 0 Å². The second kappa shape index (κ2) is 6.46. The number of amides is 1. The number of ether oxygens (including phenoxy) is 2. The summed E-state index contributed by atoms with van der Waals surface area (Å²) in [5.41, 5.74) is 3.07. The number of amidine groups is 1. The van der Waals surface area contributed by atoms with Gasteiger partial charge in [-0.05, 0) is 24.5 Å². The van der Waals surface area contributed by atoms with Crippen LogP contribution in [0.4, 0.5) is 0 Å². The number of nitrogens with zero attached hydrogens (tertiary/aromatic N) is 3. The predicted molar refractivity (Wildman–Crippen MR) is 99.0 cm³/mol. The van der Waals surface area contributed by atoms with E-state index >= 15 is 0 Å². The fraction of sp³-hybridized carbons (Fsp3) is 0.381. The first-order valence-electron chi connectivity index (χ1n) is 9.40. The molecule has 1 unspecified atom stereocenters. The molecule has 3 aliphatic heterocycles. The summed E-state index contributed by atoms with van der Waals surface area (Å²) < 4.78 is 12.1. The molecule has 0 radical (unpaired) electrons. The summed E-state index contributed by atoms with van der Waals surface area (Å²) in [5, 5.41) is 0. The third-order valence-electron chi connectivity index (χ3n) is 5.70. The lowest BCUT2D eigenvalue weighted by atomic mass is 9.85. The van der Waals surface area contributed by atoms with Crippen molar-refractivity contribution in [2.45, 2.75) is 37.6 Å². The summed E-state index contributed by atoms with van der Waals surface area (Å²) in [5.74, 6) is -0.194. The average Bonchev–Trinajstić information content (AvgIpc) is 3.25. The van der Waals surface area contributed by atoms with E-state index in [4.69, 9.17) is 9.47 Å². The number of aliphatic imine (C=N–C) groups is 1. The highest BCUT2D eigenvalue weighted by Gasteiger charge is 2.45. The van der Waals surface area contributed by atoms with E-state index in [0.29, 0.717) is 19.0 Å². The van der Waals surface area contributed by atoms with Gasteiger partial charge in [-0.25, -0.2) is 0 Å². The van der Waals surface area contributed by atoms with Crippen molar-refractivity contribution < 1.29 is 14.3 Å². The molecule has 1 atom stereocenters. The molecule has 1 spiro atoms. The number of hydrogen-bond donors (Lipinski definition) is 0. The Bertz CT molecular complexity index is 889. The molecule has 1 saturated heterocycles. The SMILES string of the molecule is O=C1N=C(N2CCC3(CC2)OCc2ncccc23)OC1Cc1ccccc1. The molecule has 2 aromatic rings. The molecule has 27 heavy (non-hydrogen) atoms. The molecule has 1 aromatic heterocycles. The number of aromatic nitrogens is 1.